The van der Waals surface area contributed by atoms with Crippen LogP contribution in [0.5, 0.6) is 5.75 Å². The molecule has 1 amide bonds. The molecule has 116 valence electrons. The van der Waals surface area contributed by atoms with E-state index < -0.39 is 18.0 Å². The van der Waals surface area contributed by atoms with E-state index in [2.05, 4.69) is 5.32 Å². The zero-order valence-electron chi connectivity index (χ0n) is 12.1. The van der Waals surface area contributed by atoms with Crippen molar-refractivity contribution in [2.75, 3.05) is 6.54 Å². The van der Waals surface area contributed by atoms with Gasteiger partial charge in [0.2, 0.25) is 0 Å². The number of aliphatic carboxylic acids is 1. The van der Waals surface area contributed by atoms with Crippen molar-refractivity contribution in [2.24, 2.45) is 5.92 Å². The number of carboxylic acid groups (broad SMARTS) is 1. The Bertz CT molecular complexity index is 475. The van der Waals surface area contributed by atoms with Crippen molar-refractivity contribution < 1.29 is 23.8 Å². The minimum Gasteiger partial charge on any atom is -0.481 e. The summed E-state index contributed by atoms with van der Waals surface area (Å²) in [5.74, 6) is -1.50. The van der Waals surface area contributed by atoms with Crippen LogP contribution in [0.15, 0.2) is 24.3 Å². The molecular weight excluding hydrogens is 277 g/mol. The Morgan fingerprint density at radius 2 is 1.90 bits per heavy atom. The third-order valence-corrected chi connectivity index (χ3v) is 3.03. The molecule has 0 aliphatic carbocycles. The molecule has 0 saturated carbocycles. The highest BCUT2D eigenvalue weighted by atomic mass is 19.1. The standard InChI is InChI=1S/C15H20FNO4/c1-10(15(19)20)4-3-9-17-14(18)11(2)21-13-7-5-12(16)6-8-13/h5-8,10-11H,3-4,9H2,1-2H3,(H,17,18)(H,19,20). The van der Waals surface area contributed by atoms with Gasteiger partial charge < -0.3 is 15.2 Å². The van der Waals surface area contributed by atoms with E-state index in [4.69, 9.17) is 9.84 Å². The second-order valence-corrected chi connectivity index (χ2v) is 4.89. The molecule has 0 aromatic heterocycles. The van der Waals surface area contributed by atoms with Crippen LogP contribution in [0.4, 0.5) is 4.39 Å². The molecule has 0 saturated heterocycles. The number of carbonyl (C=O) groups excluding carboxylic acids is 1. The van der Waals surface area contributed by atoms with Crippen molar-refractivity contribution in [3.8, 4) is 5.75 Å². The van der Waals surface area contributed by atoms with Gasteiger partial charge in [0.05, 0.1) is 5.92 Å². The van der Waals surface area contributed by atoms with Crippen molar-refractivity contribution in [3.05, 3.63) is 30.1 Å². The molecule has 2 unspecified atom stereocenters. The second kappa shape index (κ2) is 8.24. The quantitative estimate of drug-likeness (QED) is 0.721. The van der Waals surface area contributed by atoms with Gasteiger partial charge in [-0.2, -0.15) is 0 Å². The van der Waals surface area contributed by atoms with Crippen LogP contribution >= 0.6 is 0 Å². The molecule has 21 heavy (non-hydrogen) atoms. The molecule has 0 spiro atoms. The van der Waals surface area contributed by atoms with Gasteiger partial charge in [-0.1, -0.05) is 6.92 Å². The molecule has 6 heteroatoms. The number of ether oxygens (including phenoxy) is 1. The molecule has 1 aromatic carbocycles. The van der Waals surface area contributed by atoms with Crippen LogP contribution in [0.2, 0.25) is 0 Å². The first-order valence-corrected chi connectivity index (χ1v) is 6.83. The number of carbonyl (C=O) groups is 2. The lowest BCUT2D eigenvalue weighted by Gasteiger charge is -2.15. The van der Waals surface area contributed by atoms with Gasteiger partial charge >= 0.3 is 5.97 Å². The Morgan fingerprint density at radius 1 is 1.29 bits per heavy atom. The van der Waals surface area contributed by atoms with Crippen molar-refractivity contribution in [3.63, 3.8) is 0 Å². The SMILES string of the molecule is CC(CCCNC(=O)C(C)Oc1ccc(F)cc1)C(=O)O. The third-order valence-electron chi connectivity index (χ3n) is 3.03. The number of hydrogen-bond acceptors (Lipinski definition) is 3. The summed E-state index contributed by atoms with van der Waals surface area (Å²) in [5.41, 5.74) is 0. The largest absolute Gasteiger partial charge is 0.481 e. The highest BCUT2D eigenvalue weighted by Crippen LogP contribution is 2.13. The topological polar surface area (TPSA) is 75.6 Å². The molecule has 0 aliphatic heterocycles. The minimum absolute atomic E-state index is 0.290. The Labute approximate surface area is 123 Å². The summed E-state index contributed by atoms with van der Waals surface area (Å²) in [6.45, 7) is 3.62. The van der Waals surface area contributed by atoms with Crippen LogP contribution in [-0.2, 0) is 9.59 Å². The predicted octanol–water partition coefficient (Wildman–Crippen LogP) is 2.21. The number of benzene rings is 1. The molecule has 5 nitrogen and oxygen atoms in total. The summed E-state index contributed by atoms with van der Waals surface area (Å²) in [4.78, 5) is 22.4. The van der Waals surface area contributed by atoms with Crippen molar-refractivity contribution >= 4 is 11.9 Å². The van der Waals surface area contributed by atoms with Gasteiger partial charge in [0.15, 0.2) is 6.10 Å². The van der Waals surface area contributed by atoms with E-state index in [9.17, 15) is 14.0 Å². The lowest BCUT2D eigenvalue weighted by atomic mass is 10.1. The normalized spacial score (nSPS) is 13.3. The van der Waals surface area contributed by atoms with E-state index in [0.717, 1.165) is 0 Å². The highest BCUT2D eigenvalue weighted by Gasteiger charge is 2.15. The number of nitrogens with one attached hydrogen (secondary N) is 1. The van der Waals surface area contributed by atoms with Crippen molar-refractivity contribution in [2.45, 2.75) is 32.8 Å². The maximum absolute atomic E-state index is 12.7. The van der Waals surface area contributed by atoms with E-state index in [0.29, 0.717) is 25.1 Å². The zero-order chi connectivity index (χ0) is 15.8. The van der Waals surface area contributed by atoms with Gasteiger partial charge in [-0.3, -0.25) is 9.59 Å². The molecule has 2 atom stereocenters. The smallest absolute Gasteiger partial charge is 0.306 e. The maximum atomic E-state index is 12.7. The molecular formula is C15H20FNO4. The number of carboxylic acids is 1. The van der Waals surface area contributed by atoms with Crippen LogP contribution in [0.1, 0.15) is 26.7 Å². The van der Waals surface area contributed by atoms with Gasteiger partial charge in [0.1, 0.15) is 11.6 Å². The lowest BCUT2D eigenvalue weighted by Crippen LogP contribution is -2.37. The number of hydrogen-bond donors (Lipinski definition) is 2. The van der Waals surface area contributed by atoms with Crippen LogP contribution in [0, 0.1) is 11.7 Å². The Balaban J connectivity index is 2.28. The van der Waals surface area contributed by atoms with Gasteiger partial charge in [-0.15, -0.1) is 0 Å². The first-order chi connectivity index (χ1) is 9.90. The van der Waals surface area contributed by atoms with Crippen molar-refractivity contribution in [1.29, 1.82) is 0 Å². The van der Waals surface area contributed by atoms with Crippen LogP contribution in [-0.4, -0.2) is 29.6 Å². The molecule has 0 bridgehead atoms. The van der Waals surface area contributed by atoms with Crippen LogP contribution in [0.3, 0.4) is 0 Å². The summed E-state index contributed by atoms with van der Waals surface area (Å²) in [7, 11) is 0. The van der Waals surface area contributed by atoms with Gasteiger partial charge in [0, 0.05) is 6.54 Å². The number of amides is 1. The fourth-order valence-electron chi connectivity index (χ4n) is 1.66. The Hall–Kier alpha value is -2.11. The monoisotopic (exact) mass is 297 g/mol. The Morgan fingerprint density at radius 3 is 2.48 bits per heavy atom. The first-order valence-electron chi connectivity index (χ1n) is 6.83. The zero-order valence-corrected chi connectivity index (χ0v) is 12.1. The first kappa shape index (κ1) is 16.9. The molecule has 0 aliphatic rings. The van der Waals surface area contributed by atoms with Gasteiger partial charge in [-0.25, -0.2) is 4.39 Å². The van der Waals surface area contributed by atoms with E-state index in [1.807, 2.05) is 0 Å². The van der Waals surface area contributed by atoms with E-state index in [-0.39, 0.29) is 11.7 Å². The highest BCUT2D eigenvalue weighted by molar-refractivity contribution is 5.80. The molecule has 0 heterocycles. The minimum atomic E-state index is -0.839. The van der Waals surface area contributed by atoms with Crippen LogP contribution in [0.25, 0.3) is 0 Å². The number of rotatable bonds is 8. The molecule has 1 rings (SSSR count). The fourth-order valence-corrected chi connectivity index (χ4v) is 1.66. The lowest BCUT2D eigenvalue weighted by molar-refractivity contribution is -0.141. The summed E-state index contributed by atoms with van der Waals surface area (Å²) in [6.07, 6.45) is 0.387. The maximum Gasteiger partial charge on any atom is 0.306 e. The predicted molar refractivity (Wildman–Crippen MR) is 75.5 cm³/mol. The van der Waals surface area contributed by atoms with Crippen LogP contribution < -0.4 is 10.1 Å². The summed E-state index contributed by atoms with van der Waals surface area (Å²) < 4.78 is 18.1. The van der Waals surface area contributed by atoms with E-state index >= 15 is 0 Å². The molecule has 0 radical (unpaired) electrons. The average Bonchev–Trinajstić information content (AvgIpc) is 2.45. The Kier molecular flexibility index (Phi) is 6.65. The second-order valence-electron chi connectivity index (χ2n) is 4.89. The fraction of sp³-hybridized carbons (Fsp3) is 0.467. The van der Waals surface area contributed by atoms with Crippen molar-refractivity contribution in [1.82, 2.24) is 5.32 Å². The molecule has 0 fully saturated rings. The summed E-state index contributed by atoms with van der Waals surface area (Å²) in [6, 6.07) is 5.42. The van der Waals surface area contributed by atoms with E-state index in [1.54, 1.807) is 13.8 Å². The number of halogens is 1. The van der Waals surface area contributed by atoms with Gasteiger partial charge in [-0.05, 0) is 44.0 Å². The molecule has 1 aromatic rings. The van der Waals surface area contributed by atoms with Gasteiger partial charge in [0.25, 0.3) is 5.91 Å². The third kappa shape index (κ3) is 6.25. The average molecular weight is 297 g/mol. The summed E-state index contributed by atoms with van der Waals surface area (Å²) in [5, 5.41) is 11.4. The summed E-state index contributed by atoms with van der Waals surface area (Å²) >= 11 is 0. The van der Waals surface area contributed by atoms with E-state index in [1.165, 1.54) is 24.3 Å². The molecule has 2 N–H and O–H groups in total.